The fourth-order valence-corrected chi connectivity index (χ4v) is 5.69. The van der Waals surface area contributed by atoms with Gasteiger partial charge in [0.15, 0.2) is 0 Å². The van der Waals surface area contributed by atoms with Crippen LogP contribution >= 0.6 is 0 Å². The maximum absolute atomic E-state index is 14.8. The highest BCUT2D eigenvalue weighted by Gasteiger charge is 2.51. The lowest BCUT2D eigenvalue weighted by Gasteiger charge is -2.48. The molecule has 3 aliphatic rings. The smallest absolute Gasteiger partial charge is 0.409 e. The van der Waals surface area contributed by atoms with Crippen LogP contribution in [0.2, 0.25) is 0 Å². The topological polar surface area (TPSA) is 66.7 Å². The third kappa shape index (κ3) is 4.21. The van der Waals surface area contributed by atoms with Crippen molar-refractivity contribution in [3.63, 3.8) is 0 Å². The van der Waals surface area contributed by atoms with Crippen LogP contribution in [0, 0.1) is 11.2 Å². The molecule has 1 spiro atoms. The van der Waals surface area contributed by atoms with Crippen molar-refractivity contribution in [3.05, 3.63) is 30.5 Å². The molecule has 0 bridgehead atoms. The number of carbonyl (C=O) groups is 1. The third-order valence-electron chi connectivity index (χ3n) is 7.36. The number of anilines is 1. The fraction of sp³-hybridized carbons (Fsp3) is 0.609. The zero-order valence-corrected chi connectivity index (χ0v) is 19.2. The first-order valence-corrected chi connectivity index (χ1v) is 11.8. The molecule has 2 aromatic heterocycles. The summed E-state index contributed by atoms with van der Waals surface area (Å²) in [6.45, 7) is 3.94. The zero-order valence-electron chi connectivity index (χ0n) is 19.2. The van der Waals surface area contributed by atoms with Gasteiger partial charge in [-0.3, -0.25) is 4.90 Å². The van der Waals surface area contributed by atoms with Crippen LogP contribution in [-0.2, 0) is 4.74 Å². The molecule has 1 atom stereocenters. The number of nitrogens with zero attached hydrogens (tertiary/aromatic N) is 6. The Morgan fingerprint density at radius 1 is 1.26 bits per heavy atom. The van der Waals surface area contributed by atoms with Gasteiger partial charge in [-0.2, -0.15) is 13.9 Å². The van der Waals surface area contributed by atoms with Crippen molar-refractivity contribution < 1.29 is 22.7 Å². The van der Waals surface area contributed by atoms with Gasteiger partial charge < -0.3 is 14.5 Å². The Bertz CT molecular complexity index is 1030. The molecule has 4 heterocycles. The van der Waals surface area contributed by atoms with E-state index in [1.807, 2.05) is 11.8 Å². The van der Waals surface area contributed by atoms with Crippen molar-refractivity contribution in [2.75, 3.05) is 50.8 Å². The number of ether oxygens (including phenoxy) is 1. The number of likely N-dealkylation sites (tertiary alicyclic amines) is 1. The molecule has 11 heteroatoms. The van der Waals surface area contributed by atoms with Gasteiger partial charge >= 0.3 is 12.6 Å². The Kier molecular flexibility index (Phi) is 6.13. The Hall–Kier alpha value is -2.82. The number of piperazine rings is 1. The minimum atomic E-state index is -2.78. The Balaban J connectivity index is 1.21. The summed E-state index contributed by atoms with van der Waals surface area (Å²) in [5.74, 6) is -0.0458. The van der Waals surface area contributed by atoms with E-state index in [1.165, 1.54) is 18.5 Å². The van der Waals surface area contributed by atoms with E-state index >= 15 is 0 Å². The number of rotatable bonds is 5. The van der Waals surface area contributed by atoms with Crippen LogP contribution < -0.4 is 4.90 Å². The normalized spacial score (nSPS) is 22.4. The first kappa shape index (κ1) is 22.9. The number of pyridine rings is 1. The maximum Gasteiger partial charge on any atom is 0.409 e. The molecule has 5 rings (SSSR count). The number of aromatic nitrogens is 3. The lowest BCUT2D eigenvalue weighted by Crippen LogP contribution is -2.58. The van der Waals surface area contributed by atoms with Gasteiger partial charge in [0.25, 0.3) is 0 Å². The van der Waals surface area contributed by atoms with Crippen LogP contribution in [0.15, 0.2) is 24.7 Å². The SMILES string of the molecule is CCOC(=O)N1CC2(CC[C@@H](N3CCN(c4nccc(F)c4-c4cnn(C(F)F)c4)CC3)C2)C1. The van der Waals surface area contributed by atoms with E-state index in [4.69, 9.17) is 4.74 Å². The van der Waals surface area contributed by atoms with Crippen molar-refractivity contribution in [2.45, 2.75) is 38.8 Å². The van der Waals surface area contributed by atoms with Gasteiger partial charge in [0, 0.05) is 68.7 Å². The Labute approximate surface area is 196 Å². The Morgan fingerprint density at radius 3 is 2.71 bits per heavy atom. The number of amides is 1. The van der Waals surface area contributed by atoms with E-state index < -0.39 is 12.4 Å². The fourth-order valence-electron chi connectivity index (χ4n) is 5.69. The van der Waals surface area contributed by atoms with E-state index in [0.717, 1.165) is 51.6 Å². The summed E-state index contributed by atoms with van der Waals surface area (Å²) < 4.78 is 46.3. The first-order chi connectivity index (χ1) is 16.4. The highest BCUT2D eigenvalue weighted by molar-refractivity contribution is 5.75. The van der Waals surface area contributed by atoms with Crippen LogP contribution in [0.5, 0.6) is 0 Å². The summed E-state index contributed by atoms with van der Waals surface area (Å²) in [4.78, 5) is 22.6. The minimum absolute atomic E-state index is 0.205. The van der Waals surface area contributed by atoms with Gasteiger partial charge in [-0.15, -0.1) is 0 Å². The molecule has 1 saturated carbocycles. The van der Waals surface area contributed by atoms with Crippen molar-refractivity contribution >= 4 is 11.9 Å². The highest BCUT2D eigenvalue weighted by atomic mass is 19.3. The molecule has 1 amide bonds. The molecule has 0 N–H and O–H groups in total. The van der Waals surface area contributed by atoms with Crippen molar-refractivity contribution in [3.8, 4) is 11.1 Å². The van der Waals surface area contributed by atoms with E-state index in [-0.39, 0.29) is 22.6 Å². The minimum Gasteiger partial charge on any atom is -0.450 e. The third-order valence-corrected chi connectivity index (χ3v) is 7.36. The van der Waals surface area contributed by atoms with Gasteiger partial charge in [-0.25, -0.2) is 18.9 Å². The van der Waals surface area contributed by atoms with Crippen LogP contribution in [-0.4, -0.2) is 82.6 Å². The van der Waals surface area contributed by atoms with E-state index in [2.05, 4.69) is 15.0 Å². The molecule has 0 unspecified atom stereocenters. The average molecular weight is 479 g/mol. The predicted octanol–water partition coefficient (Wildman–Crippen LogP) is 3.61. The van der Waals surface area contributed by atoms with E-state index in [1.54, 1.807) is 4.90 Å². The van der Waals surface area contributed by atoms with Gasteiger partial charge in [0.2, 0.25) is 0 Å². The zero-order chi connectivity index (χ0) is 23.9. The van der Waals surface area contributed by atoms with Gasteiger partial charge in [0.05, 0.1) is 18.4 Å². The second kappa shape index (κ2) is 9.09. The quantitative estimate of drug-likeness (QED) is 0.654. The number of halogens is 3. The van der Waals surface area contributed by atoms with Gasteiger partial charge in [-0.1, -0.05) is 0 Å². The molecular formula is C23H29F3N6O2. The Morgan fingerprint density at radius 2 is 2.03 bits per heavy atom. The summed E-state index contributed by atoms with van der Waals surface area (Å²) in [5.41, 5.74) is 0.699. The summed E-state index contributed by atoms with van der Waals surface area (Å²) >= 11 is 0. The van der Waals surface area contributed by atoms with Crippen LogP contribution in [0.25, 0.3) is 11.1 Å². The first-order valence-electron chi connectivity index (χ1n) is 11.8. The average Bonchev–Trinajstić information content (AvgIpc) is 3.46. The summed E-state index contributed by atoms with van der Waals surface area (Å²) in [6, 6.07) is 1.71. The second-order valence-corrected chi connectivity index (χ2v) is 9.45. The number of hydrogen-bond donors (Lipinski definition) is 0. The molecular weight excluding hydrogens is 449 g/mol. The summed E-state index contributed by atoms with van der Waals surface area (Å²) in [7, 11) is 0. The van der Waals surface area contributed by atoms with Crippen molar-refractivity contribution in [1.29, 1.82) is 0 Å². The maximum atomic E-state index is 14.8. The van der Waals surface area contributed by atoms with Crippen LogP contribution in [0.4, 0.5) is 23.8 Å². The molecule has 2 aromatic rings. The number of carbonyl (C=O) groups excluding carboxylic acids is 1. The standard InChI is InChI=1S/C23H29F3N6O2/c1-2-34-22(33)31-14-23(15-31)5-3-17(11-23)29-7-9-30(10-8-29)20-19(18(24)4-6-27-20)16-12-28-32(13-16)21(25)26/h4,6,12-13,17,21H,2-3,5,7-11,14-15H2,1H3/t17-/m1/s1. The number of alkyl halides is 2. The summed E-state index contributed by atoms with van der Waals surface area (Å²) in [6.07, 6.45) is 6.87. The molecule has 0 aromatic carbocycles. The van der Waals surface area contributed by atoms with Crippen molar-refractivity contribution in [2.24, 2.45) is 5.41 Å². The van der Waals surface area contributed by atoms with E-state index in [9.17, 15) is 18.0 Å². The molecule has 184 valence electrons. The second-order valence-electron chi connectivity index (χ2n) is 9.45. The molecule has 2 saturated heterocycles. The largest absolute Gasteiger partial charge is 0.450 e. The van der Waals surface area contributed by atoms with Crippen LogP contribution in [0.3, 0.4) is 0 Å². The van der Waals surface area contributed by atoms with E-state index in [0.29, 0.717) is 36.2 Å². The lowest BCUT2D eigenvalue weighted by atomic mass is 9.78. The molecule has 3 fully saturated rings. The lowest BCUT2D eigenvalue weighted by molar-refractivity contribution is -0.00294. The highest BCUT2D eigenvalue weighted by Crippen LogP contribution is 2.47. The predicted molar refractivity (Wildman–Crippen MR) is 119 cm³/mol. The summed E-state index contributed by atoms with van der Waals surface area (Å²) in [5, 5.41) is 3.65. The molecule has 8 nitrogen and oxygen atoms in total. The monoisotopic (exact) mass is 478 g/mol. The molecule has 34 heavy (non-hydrogen) atoms. The van der Waals surface area contributed by atoms with Gasteiger partial charge in [0.1, 0.15) is 11.6 Å². The van der Waals surface area contributed by atoms with Gasteiger partial charge in [-0.05, 0) is 32.3 Å². The van der Waals surface area contributed by atoms with Crippen LogP contribution in [0.1, 0.15) is 32.7 Å². The number of hydrogen-bond acceptors (Lipinski definition) is 6. The molecule has 0 radical (unpaired) electrons. The molecule has 1 aliphatic carbocycles. The van der Waals surface area contributed by atoms with Crippen molar-refractivity contribution in [1.82, 2.24) is 24.6 Å². The molecule has 2 aliphatic heterocycles.